The Morgan fingerprint density at radius 2 is 1.94 bits per heavy atom. The highest BCUT2D eigenvalue weighted by Crippen LogP contribution is 2.29. The van der Waals surface area contributed by atoms with Crippen LogP contribution in [0.15, 0.2) is 12.1 Å². The van der Waals surface area contributed by atoms with Gasteiger partial charge in [-0.05, 0) is 36.1 Å². The number of halogens is 1. The van der Waals surface area contributed by atoms with Crippen molar-refractivity contribution in [2.45, 2.75) is 33.1 Å². The Labute approximate surface area is 103 Å². The van der Waals surface area contributed by atoms with Gasteiger partial charge in [-0.1, -0.05) is 13.8 Å². The van der Waals surface area contributed by atoms with Gasteiger partial charge in [-0.15, -0.1) is 0 Å². The van der Waals surface area contributed by atoms with Crippen LogP contribution in [-0.2, 0) is 4.74 Å². The molecule has 0 amide bonds. The summed E-state index contributed by atoms with van der Waals surface area (Å²) in [6.07, 6.45) is 0.838. The lowest BCUT2D eigenvalue weighted by molar-refractivity contribution is 0.171. The summed E-state index contributed by atoms with van der Waals surface area (Å²) in [7, 11) is 1.67. The fraction of sp³-hybridized carbons (Fsp3) is 0.571. The predicted molar refractivity (Wildman–Crippen MR) is 67.2 cm³/mol. The van der Waals surface area contributed by atoms with E-state index in [4.69, 9.17) is 9.47 Å². The van der Waals surface area contributed by atoms with Gasteiger partial charge in [0.05, 0.1) is 6.61 Å². The van der Waals surface area contributed by atoms with Gasteiger partial charge < -0.3 is 9.47 Å². The Hall–Kier alpha value is -1.09. The molecule has 0 spiro atoms. The van der Waals surface area contributed by atoms with Crippen molar-refractivity contribution >= 4 is 0 Å². The minimum absolute atomic E-state index is 0.169. The standard InChI is InChI=1S/C14H21FO2/c1-10(2)12-9-13(15)11(3)8-14(12)17-7-5-6-16-4/h8-10H,5-7H2,1-4H3. The normalized spacial score (nSPS) is 10.9. The van der Waals surface area contributed by atoms with E-state index in [0.717, 1.165) is 17.7 Å². The van der Waals surface area contributed by atoms with Crippen molar-refractivity contribution in [3.63, 3.8) is 0 Å². The van der Waals surface area contributed by atoms with Crippen molar-refractivity contribution in [1.82, 2.24) is 0 Å². The third-order valence-corrected chi connectivity index (χ3v) is 2.66. The number of benzene rings is 1. The zero-order valence-corrected chi connectivity index (χ0v) is 11.0. The van der Waals surface area contributed by atoms with Crippen molar-refractivity contribution in [2.75, 3.05) is 20.3 Å². The van der Waals surface area contributed by atoms with E-state index in [1.54, 1.807) is 26.2 Å². The molecule has 0 radical (unpaired) electrons. The molecule has 1 rings (SSSR count). The van der Waals surface area contributed by atoms with Crippen molar-refractivity contribution in [1.29, 1.82) is 0 Å². The molecule has 0 unspecified atom stereocenters. The summed E-state index contributed by atoms with van der Waals surface area (Å²) in [5.74, 6) is 0.871. The zero-order valence-electron chi connectivity index (χ0n) is 11.0. The van der Waals surface area contributed by atoms with Gasteiger partial charge in [0.1, 0.15) is 11.6 Å². The highest BCUT2D eigenvalue weighted by atomic mass is 19.1. The highest BCUT2D eigenvalue weighted by Gasteiger charge is 2.11. The average Bonchev–Trinajstić information content (AvgIpc) is 2.28. The molecular formula is C14H21FO2. The Morgan fingerprint density at radius 3 is 2.53 bits per heavy atom. The van der Waals surface area contributed by atoms with Gasteiger partial charge in [-0.3, -0.25) is 0 Å². The second-order valence-electron chi connectivity index (χ2n) is 4.49. The lowest BCUT2D eigenvalue weighted by Gasteiger charge is -2.15. The van der Waals surface area contributed by atoms with E-state index < -0.39 is 0 Å². The number of rotatable bonds is 6. The van der Waals surface area contributed by atoms with Crippen LogP contribution in [0.1, 0.15) is 37.3 Å². The molecule has 0 saturated heterocycles. The summed E-state index contributed by atoms with van der Waals surface area (Å²) >= 11 is 0. The van der Waals surface area contributed by atoms with Crippen molar-refractivity contribution in [3.05, 3.63) is 29.1 Å². The average molecular weight is 240 g/mol. The smallest absolute Gasteiger partial charge is 0.126 e. The molecule has 1 aromatic carbocycles. The van der Waals surface area contributed by atoms with Crippen LogP contribution >= 0.6 is 0 Å². The maximum Gasteiger partial charge on any atom is 0.126 e. The van der Waals surface area contributed by atoms with Crippen molar-refractivity contribution in [3.8, 4) is 5.75 Å². The van der Waals surface area contributed by atoms with Gasteiger partial charge in [0.15, 0.2) is 0 Å². The molecule has 2 nitrogen and oxygen atoms in total. The molecule has 0 N–H and O–H groups in total. The molecular weight excluding hydrogens is 219 g/mol. The second-order valence-corrected chi connectivity index (χ2v) is 4.49. The summed E-state index contributed by atoms with van der Waals surface area (Å²) in [5.41, 5.74) is 1.54. The third kappa shape index (κ3) is 4.00. The van der Waals surface area contributed by atoms with Crippen LogP contribution in [0, 0.1) is 12.7 Å². The Balaban J connectivity index is 2.78. The van der Waals surface area contributed by atoms with Crippen molar-refractivity contribution in [2.24, 2.45) is 0 Å². The van der Waals surface area contributed by atoms with Crippen LogP contribution in [0.3, 0.4) is 0 Å². The molecule has 1 aromatic rings. The van der Waals surface area contributed by atoms with E-state index in [1.165, 1.54) is 0 Å². The molecule has 0 atom stereocenters. The van der Waals surface area contributed by atoms with Crippen LogP contribution in [0.2, 0.25) is 0 Å². The lowest BCUT2D eigenvalue weighted by atomic mass is 10.00. The number of ether oxygens (including phenoxy) is 2. The number of aryl methyl sites for hydroxylation is 1. The zero-order chi connectivity index (χ0) is 12.8. The van der Waals surface area contributed by atoms with E-state index in [1.807, 2.05) is 13.8 Å². The van der Waals surface area contributed by atoms with E-state index >= 15 is 0 Å². The van der Waals surface area contributed by atoms with E-state index in [0.29, 0.717) is 18.8 Å². The summed E-state index contributed by atoms with van der Waals surface area (Å²) in [6, 6.07) is 3.35. The van der Waals surface area contributed by atoms with Crippen LogP contribution in [0.4, 0.5) is 4.39 Å². The Kier molecular flexibility index (Phi) is 5.42. The highest BCUT2D eigenvalue weighted by molar-refractivity contribution is 5.39. The number of methoxy groups -OCH3 is 1. The quantitative estimate of drug-likeness (QED) is 0.706. The molecule has 0 aliphatic rings. The van der Waals surface area contributed by atoms with E-state index in [2.05, 4.69) is 0 Å². The minimum atomic E-state index is -0.169. The molecule has 0 heterocycles. The minimum Gasteiger partial charge on any atom is -0.493 e. The third-order valence-electron chi connectivity index (χ3n) is 2.66. The Bertz CT molecular complexity index is 361. The monoisotopic (exact) mass is 240 g/mol. The summed E-state index contributed by atoms with van der Waals surface area (Å²) in [4.78, 5) is 0. The topological polar surface area (TPSA) is 18.5 Å². The summed E-state index contributed by atoms with van der Waals surface area (Å²) in [5, 5.41) is 0. The number of hydrogen-bond donors (Lipinski definition) is 0. The maximum atomic E-state index is 13.5. The molecule has 0 aliphatic heterocycles. The van der Waals surface area contributed by atoms with Crippen LogP contribution in [-0.4, -0.2) is 20.3 Å². The van der Waals surface area contributed by atoms with Crippen LogP contribution in [0.25, 0.3) is 0 Å². The van der Waals surface area contributed by atoms with E-state index in [9.17, 15) is 4.39 Å². The first-order valence-corrected chi connectivity index (χ1v) is 5.98. The fourth-order valence-corrected chi connectivity index (χ4v) is 1.63. The Morgan fingerprint density at radius 1 is 1.24 bits per heavy atom. The van der Waals surface area contributed by atoms with Gasteiger partial charge >= 0.3 is 0 Å². The molecule has 17 heavy (non-hydrogen) atoms. The lowest BCUT2D eigenvalue weighted by Crippen LogP contribution is -2.05. The van der Waals surface area contributed by atoms with Crippen LogP contribution < -0.4 is 4.74 Å². The SMILES string of the molecule is COCCCOc1cc(C)c(F)cc1C(C)C. The molecule has 0 fully saturated rings. The number of hydrogen-bond acceptors (Lipinski definition) is 2. The predicted octanol–water partition coefficient (Wildman–Crippen LogP) is 3.67. The summed E-state index contributed by atoms with van der Waals surface area (Å²) in [6.45, 7) is 7.09. The fourth-order valence-electron chi connectivity index (χ4n) is 1.63. The van der Waals surface area contributed by atoms with E-state index in [-0.39, 0.29) is 11.7 Å². The van der Waals surface area contributed by atoms with Crippen molar-refractivity contribution < 1.29 is 13.9 Å². The van der Waals surface area contributed by atoms with Gasteiger partial charge in [0, 0.05) is 20.1 Å². The van der Waals surface area contributed by atoms with Gasteiger partial charge in [0.2, 0.25) is 0 Å². The van der Waals surface area contributed by atoms with Crippen LogP contribution in [0.5, 0.6) is 5.75 Å². The first-order chi connectivity index (χ1) is 8.06. The maximum absolute atomic E-state index is 13.5. The first kappa shape index (κ1) is 14.0. The molecule has 0 saturated carbocycles. The van der Waals surface area contributed by atoms with Gasteiger partial charge in [-0.25, -0.2) is 4.39 Å². The second kappa shape index (κ2) is 6.60. The van der Waals surface area contributed by atoms with Gasteiger partial charge in [0.25, 0.3) is 0 Å². The molecule has 3 heteroatoms. The largest absolute Gasteiger partial charge is 0.493 e. The van der Waals surface area contributed by atoms with Gasteiger partial charge in [-0.2, -0.15) is 0 Å². The summed E-state index contributed by atoms with van der Waals surface area (Å²) < 4.78 is 24.1. The first-order valence-electron chi connectivity index (χ1n) is 5.98. The molecule has 0 aliphatic carbocycles. The molecule has 0 bridgehead atoms. The molecule has 0 aromatic heterocycles. The molecule has 96 valence electrons.